The second-order valence-corrected chi connectivity index (χ2v) is 4.67. The Bertz CT molecular complexity index is 304. The summed E-state index contributed by atoms with van der Waals surface area (Å²) in [5.41, 5.74) is 2.97. The Morgan fingerprint density at radius 2 is 2.29 bits per heavy atom. The first-order valence-corrected chi connectivity index (χ1v) is 5.33. The van der Waals surface area contributed by atoms with Gasteiger partial charge in [0.2, 0.25) is 0 Å². The Balaban J connectivity index is 1.97. The van der Waals surface area contributed by atoms with Crippen molar-refractivity contribution >= 4 is 0 Å². The van der Waals surface area contributed by atoms with E-state index in [1.165, 1.54) is 30.5 Å². The van der Waals surface area contributed by atoms with E-state index in [4.69, 9.17) is 0 Å². The highest BCUT2D eigenvalue weighted by Crippen LogP contribution is 2.31. The molecule has 1 N–H and O–H groups in total. The lowest BCUT2D eigenvalue weighted by atomic mass is 9.78. The van der Waals surface area contributed by atoms with Gasteiger partial charge in [-0.15, -0.1) is 0 Å². The van der Waals surface area contributed by atoms with E-state index in [9.17, 15) is 0 Å². The van der Waals surface area contributed by atoms with Gasteiger partial charge in [0.05, 0.1) is 11.9 Å². The summed E-state index contributed by atoms with van der Waals surface area (Å²) in [5, 5.41) is 7.86. The van der Waals surface area contributed by atoms with Crippen LogP contribution in [0.1, 0.15) is 37.4 Å². The standard InChI is InChI=1S/C11H19N3/c1-9-7-13-14(3)10(9)8-12-11(2)5-4-6-11/h7,12H,4-6,8H2,1-3H3. The van der Waals surface area contributed by atoms with Crippen molar-refractivity contribution in [3.05, 3.63) is 17.5 Å². The van der Waals surface area contributed by atoms with Crippen LogP contribution >= 0.6 is 0 Å². The molecule has 0 aromatic carbocycles. The van der Waals surface area contributed by atoms with E-state index in [-0.39, 0.29) is 0 Å². The van der Waals surface area contributed by atoms with Gasteiger partial charge in [-0.25, -0.2) is 0 Å². The van der Waals surface area contributed by atoms with Crippen molar-refractivity contribution < 1.29 is 0 Å². The Morgan fingerprint density at radius 1 is 1.57 bits per heavy atom. The van der Waals surface area contributed by atoms with E-state index in [1.54, 1.807) is 0 Å². The first-order chi connectivity index (χ1) is 6.61. The summed E-state index contributed by atoms with van der Waals surface area (Å²) < 4.78 is 1.96. The fraction of sp³-hybridized carbons (Fsp3) is 0.727. The molecule has 0 spiro atoms. The van der Waals surface area contributed by atoms with Crippen molar-refractivity contribution in [2.45, 2.75) is 45.2 Å². The molecule has 14 heavy (non-hydrogen) atoms. The maximum atomic E-state index is 4.24. The van der Waals surface area contributed by atoms with Crippen LogP contribution in [0.2, 0.25) is 0 Å². The number of aryl methyl sites for hydroxylation is 2. The lowest BCUT2D eigenvalue weighted by Gasteiger charge is -2.39. The third-order valence-corrected chi connectivity index (χ3v) is 3.41. The molecule has 1 aromatic heterocycles. The lowest BCUT2D eigenvalue weighted by Crippen LogP contribution is -2.47. The van der Waals surface area contributed by atoms with Crippen LogP contribution in [0.15, 0.2) is 6.20 Å². The van der Waals surface area contributed by atoms with Gasteiger partial charge in [0.15, 0.2) is 0 Å². The predicted octanol–water partition coefficient (Wildman–Crippen LogP) is 1.76. The van der Waals surface area contributed by atoms with Crippen LogP contribution in [0.3, 0.4) is 0 Å². The molecule has 1 saturated carbocycles. The number of nitrogens with one attached hydrogen (secondary N) is 1. The zero-order valence-corrected chi connectivity index (χ0v) is 9.30. The molecule has 0 unspecified atom stereocenters. The normalized spacial score (nSPS) is 19.4. The molecule has 0 radical (unpaired) electrons. The van der Waals surface area contributed by atoms with Crippen LogP contribution < -0.4 is 5.32 Å². The van der Waals surface area contributed by atoms with Gasteiger partial charge in [0, 0.05) is 19.1 Å². The van der Waals surface area contributed by atoms with Gasteiger partial charge in [-0.1, -0.05) is 0 Å². The fourth-order valence-electron chi connectivity index (χ4n) is 2.01. The summed E-state index contributed by atoms with van der Waals surface area (Å²) >= 11 is 0. The summed E-state index contributed by atoms with van der Waals surface area (Å²) in [6.07, 6.45) is 5.92. The number of rotatable bonds is 3. The molecular weight excluding hydrogens is 174 g/mol. The van der Waals surface area contributed by atoms with Crippen LogP contribution in [-0.4, -0.2) is 15.3 Å². The van der Waals surface area contributed by atoms with Gasteiger partial charge in [0.25, 0.3) is 0 Å². The topological polar surface area (TPSA) is 29.9 Å². The monoisotopic (exact) mass is 193 g/mol. The number of hydrogen-bond donors (Lipinski definition) is 1. The maximum absolute atomic E-state index is 4.24. The second kappa shape index (κ2) is 3.39. The van der Waals surface area contributed by atoms with Crippen LogP contribution in [0, 0.1) is 6.92 Å². The largest absolute Gasteiger partial charge is 0.306 e. The summed E-state index contributed by atoms with van der Waals surface area (Å²) in [5.74, 6) is 0. The molecule has 1 heterocycles. The minimum atomic E-state index is 0.386. The van der Waals surface area contributed by atoms with Gasteiger partial charge in [-0.2, -0.15) is 5.10 Å². The van der Waals surface area contributed by atoms with E-state index in [1.807, 2.05) is 17.9 Å². The highest BCUT2D eigenvalue weighted by molar-refractivity contribution is 5.15. The van der Waals surface area contributed by atoms with Crippen LogP contribution in [0.5, 0.6) is 0 Å². The van der Waals surface area contributed by atoms with Crippen molar-refractivity contribution in [1.82, 2.24) is 15.1 Å². The molecule has 0 amide bonds. The van der Waals surface area contributed by atoms with Crippen LogP contribution in [-0.2, 0) is 13.6 Å². The zero-order chi connectivity index (χ0) is 10.2. The zero-order valence-electron chi connectivity index (χ0n) is 9.30. The molecule has 3 heteroatoms. The molecule has 0 saturated heterocycles. The quantitative estimate of drug-likeness (QED) is 0.792. The summed E-state index contributed by atoms with van der Waals surface area (Å²) in [6.45, 7) is 5.37. The van der Waals surface area contributed by atoms with Gasteiger partial charge < -0.3 is 5.32 Å². The molecule has 0 atom stereocenters. The smallest absolute Gasteiger partial charge is 0.0548 e. The third-order valence-electron chi connectivity index (χ3n) is 3.41. The van der Waals surface area contributed by atoms with Gasteiger partial charge in [0.1, 0.15) is 0 Å². The first-order valence-electron chi connectivity index (χ1n) is 5.33. The molecule has 1 aliphatic rings. The molecule has 1 fully saturated rings. The minimum absolute atomic E-state index is 0.386. The second-order valence-electron chi connectivity index (χ2n) is 4.67. The van der Waals surface area contributed by atoms with Crippen molar-refractivity contribution in [3.63, 3.8) is 0 Å². The van der Waals surface area contributed by atoms with Gasteiger partial charge in [-0.3, -0.25) is 4.68 Å². The van der Waals surface area contributed by atoms with Crippen molar-refractivity contribution in [3.8, 4) is 0 Å². The molecule has 0 aliphatic heterocycles. The predicted molar refractivity (Wildman–Crippen MR) is 57.0 cm³/mol. The molecule has 1 aromatic rings. The first kappa shape index (κ1) is 9.71. The molecule has 1 aliphatic carbocycles. The molecule has 2 rings (SSSR count). The highest BCUT2D eigenvalue weighted by Gasteiger charge is 2.31. The summed E-state index contributed by atoms with van der Waals surface area (Å²) in [6, 6.07) is 0. The molecule has 0 bridgehead atoms. The number of nitrogens with zero attached hydrogens (tertiary/aromatic N) is 2. The minimum Gasteiger partial charge on any atom is -0.306 e. The van der Waals surface area contributed by atoms with E-state index < -0.39 is 0 Å². The van der Waals surface area contributed by atoms with E-state index in [0.717, 1.165) is 6.54 Å². The Kier molecular flexibility index (Phi) is 2.35. The maximum Gasteiger partial charge on any atom is 0.0548 e. The van der Waals surface area contributed by atoms with E-state index in [0.29, 0.717) is 5.54 Å². The number of aromatic nitrogens is 2. The van der Waals surface area contributed by atoms with Crippen molar-refractivity contribution in [2.75, 3.05) is 0 Å². The lowest BCUT2D eigenvalue weighted by molar-refractivity contribution is 0.205. The highest BCUT2D eigenvalue weighted by atomic mass is 15.3. The van der Waals surface area contributed by atoms with Crippen LogP contribution in [0.4, 0.5) is 0 Å². The average molecular weight is 193 g/mol. The van der Waals surface area contributed by atoms with Gasteiger partial charge in [-0.05, 0) is 38.7 Å². The van der Waals surface area contributed by atoms with Crippen LogP contribution in [0.25, 0.3) is 0 Å². The van der Waals surface area contributed by atoms with Crippen molar-refractivity contribution in [1.29, 1.82) is 0 Å². The Labute approximate surface area is 85.5 Å². The fourth-order valence-corrected chi connectivity index (χ4v) is 2.01. The van der Waals surface area contributed by atoms with E-state index >= 15 is 0 Å². The van der Waals surface area contributed by atoms with Crippen molar-refractivity contribution in [2.24, 2.45) is 7.05 Å². The Hall–Kier alpha value is -0.830. The number of hydrogen-bond acceptors (Lipinski definition) is 2. The molecular formula is C11H19N3. The Morgan fingerprint density at radius 3 is 2.71 bits per heavy atom. The molecule has 78 valence electrons. The van der Waals surface area contributed by atoms with E-state index in [2.05, 4.69) is 24.3 Å². The summed E-state index contributed by atoms with van der Waals surface area (Å²) in [7, 11) is 2.01. The third kappa shape index (κ3) is 1.69. The summed E-state index contributed by atoms with van der Waals surface area (Å²) in [4.78, 5) is 0. The SMILES string of the molecule is Cc1cnn(C)c1CNC1(C)CCC1. The molecule has 3 nitrogen and oxygen atoms in total. The average Bonchev–Trinajstić information content (AvgIpc) is 2.41. The van der Waals surface area contributed by atoms with Gasteiger partial charge >= 0.3 is 0 Å².